The van der Waals surface area contributed by atoms with Gasteiger partial charge in [-0.15, -0.1) is 0 Å². The number of hydrogen-bond acceptors (Lipinski definition) is 5. The van der Waals surface area contributed by atoms with E-state index in [0.717, 1.165) is 12.4 Å². The van der Waals surface area contributed by atoms with E-state index in [1.807, 2.05) is 16.5 Å². The van der Waals surface area contributed by atoms with E-state index in [9.17, 15) is 4.79 Å². The molecular weight excluding hydrogens is 256 g/mol. The molecule has 0 unspecified atom stereocenters. The van der Waals surface area contributed by atoms with Crippen molar-refractivity contribution in [3.8, 4) is 0 Å². The number of ether oxygens (including phenoxy) is 1. The maximum absolute atomic E-state index is 11.6. The Morgan fingerprint density at radius 2 is 2.10 bits per heavy atom. The normalized spacial score (nSPS) is 11.6. The van der Waals surface area contributed by atoms with Crippen LogP contribution < -0.4 is 0 Å². The summed E-state index contributed by atoms with van der Waals surface area (Å²) >= 11 is 0. The molecule has 6 heteroatoms. The van der Waals surface area contributed by atoms with Gasteiger partial charge in [0.15, 0.2) is 0 Å². The fraction of sp³-hybridized carbons (Fsp3) is 0.786. The van der Waals surface area contributed by atoms with Crippen molar-refractivity contribution in [1.29, 1.82) is 0 Å². The Balaban J connectivity index is 2.70. The van der Waals surface area contributed by atoms with E-state index in [-0.39, 0.29) is 18.6 Å². The van der Waals surface area contributed by atoms with Crippen LogP contribution in [0.1, 0.15) is 40.4 Å². The predicted molar refractivity (Wildman–Crippen MR) is 77.0 cm³/mol. The molecule has 1 heterocycles. The molecule has 0 bridgehead atoms. The highest BCUT2D eigenvalue weighted by Gasteiger charge is 2.18. The molecular formula is C14H26N4O2. The minimum atomic E-state index is -0.198. The quantitative estimate of drug-likeness (QED) is 0.679. The van der Waals surface area contributed by atoms with Crippen molar-refractivity contribution in [2.45, 2.75) is 53.8 Å². The Labute approximate surface area is 121 Å². The Kier molecular flexibility index (Phi) is 6.64. The molecule has 0 atom stereocenters. The molecule has 0 aliphatic heterocycles. The predicted octanol–water partition coefficient (Wildman–Crippen LogP) is 1.71. The first-order valence-corrected chi connectivity index (χ1v) is 7.20. The molecule has 0 saturated carbocycles. The zero-order chi connectivity index (χ0) is 15.1. The lowest BCUT2D eigenvalue weighted by Crippen LogP contribution is -2.37. The van der Waals surface area contributed by atoms with Gasteiger partial charge in [0.2, 0.25) is 0 Å². The maximum atomic E-state index is 11.6. The fourth-order valence-corrected chi connectivity index (χ4v) is 1.88. The number of aromatic nitrogens is 3. The van der Waals surface area contributed by atoms with Crippen LogP contribution in [-0.2, 0) is 22.6 Å². The molecule has 0 saturated heterocycles. The van der Waals surface area contributed by atoms with Gasteiger partial charge in [-0.2, -0.15) is 5.10 Å². The number of hydrogen-bond donors (Lipinski definition) is 0. The summed E-state index contributed by atoms with van der Waals surface area (Å²) in [6.07, 6.45) is 1.57. The van der Waals surface area contributed by atoms with Gasteiger partial charge < -0.3 is 4.74 Å². The topological polar surface area (TPSA) is 60.2 Å². The molecule has 0 aliphatic carbocycles. The van der Waals surface area contributed by atoms with Crippen molar-refractivity contribution >= 4 is 5.97 Å². The second-order valence-electron chi connectivity index (χ2n) is 5.56. The van der Waals surface area contributed by atoms with Crippen molar-refractivity contribution < 1.29 is 9.53 Å². The summed E-state index contributed by atoms with van der Waals surface area (Å²) in [5.41, 5.74) is 0. The second kappa shape index (κ2) is 7.99. The number of nitrogens with zero attached hydrogens (tertiary/aromatic N) is 4. The van der Waals surface area contributed by atoms with Gasteiger partial charge in [-0.25, -0.2) is 9.67 Å². The number of carbonyl (C=O) groups is 1. The first-order chi connectivity index (χ1) is 9.43. The summed E-state index contributed by atoms with van der Waals surface area (Å²) < 4.78 is 6.92. The molecule has 6 nitrogen and oxygen atoms in total. The number of rotatable bonds is 8. The van der Waals surface area contributed by atoms with Gasteiger partial charge in [0.1, 0.15) is 12.2 Å². The molecule has 0 aromatic carbocycles. The van der Waals surface area contributed by atoms with Gasteiger partial charge in [-0.1, -0.05) is 13.8 Å². The van der Waals surface area contributed by atoms with Crippen molar-refractivity contribution in [2.24, 2.45) is 5.92 Å². The lowest BCUT2D eigenvalue weighted by atomic mass is 10.2. The molecule has 114 valence electrons. The van der Waals surface area contributed by atoms with Crippen LogP contribution in [0.3, 0.4) is 0 Å². The smallest absolute Gasteiger partial charge is 0.320 e. The zero-order valence-electron chi connectivity index (χ0n) is 13.2. The minimum absolute atomic E-state index is 0.198. The van der Waals surface area contributed by atoms with Crippen LogP contribution >= 0.6 is 0 Å². The Bertz CT molecular complexity index is 415. The third kappa shape index (κ3) is 5.28. The van der Waals surface area contributed by atoms with Crippen LogP contribution in [0.25, 0.3) is 0 Å². The molecule has 0 N–H and O–H groups in total. The summed E-state index contributed by atoms with van der Waals surface area (Å²) in [5.74, 6) is 1.20. The molecule has 1 aromatic rings. The first-order valence-electron chi connectivity index (χ1n) is 7.20. The summed E-state index contributed by atoms with van der Waals surface area (Å²) in [6, 6.07) is 0.239. The first kappa shape index (κ1) is 16.6. The molecule has 1 aromatic heterocycles. The molecule has 0 spiro atoms. The van der Waals surface area contributed by atoms with E-state index in [2.05, 4.69) is 37.8 Å². The Morgan fingerprint density at radius 1 is 1.40 bits per heavy atom. The SMILES string of the molecule is CCOC(=O)CN(Cc1ncnn1CC(C)C)C(C)C. The molecule has 0 fully saturated rings. The fourth-order valence-electron chi connectivity index (χ4n) is 1.88. The lowest BCUT2D eigenvalue weighted by Gasteiger charge is -2.25. The van der Waals surface area contributed by atoms with Crippen LogP contribution in [-0.4, -0.2) is 44.8 Å². The van der Waals surface area contributed by atoms with Crippen LogP contribution in [0.15, 0.2) is 6.33 Å². The van der Waals surface area contributed by atoms with Gasteiger partial charge in [0.25, 0.3) is 0 Å². The van der Waals surface area contributed by atoms with Gasteiger partial charge in [0.05, 0.1) is 19.7 Å². The molecule has 0 aliphatic rings. The van der Waals surface area contributed by atoms with E-state index in [1.54, 1.807) is 6.33 Å². The van der Waals surface area contributed by atoms with E-state index < -0.39 is 0 Å². The van der Waals surface area contributed by atoms with Gasteiger partial charge in [0, 0.05) is 12.6 Å². The Hall–Kier alpha value is -1.43. The highest BCUT2D eigenvalue weighted by atomic mass is 16.5. The van der Waals surface area contributed by atoms with Crippen LogP contribution in [0.2, 0.25) is 0 Å². The highest BCUT2D eigenvalue weighted by Crippen LogP contribution is 2.08. The average Bonchev–Trinajstić information content (AvgIpc) is 2.75. The van der Waals surface area contributed by atoms with Crippen molar-refractivity contribution in [2.75, 3.05) is 13.2 Å². The van der Waals surface area contributed by atoms with Crippen LogP contribution in [0, 0.1) is 5.92 Å². The largest absolute Gasteiger partial charge is 0.465 e. The molecule has 1 rings (SSSR count). The second-order valence-corrected chi connectivity index (χ2v) is 5.56. The third-order valence-corrected chi connectivity index (χ3v) is 2.95. The molecule has 0 amide bonds. The third-order valence-electron chi connectivity index (χ3n) is 2.95. The molecule has 0 radical (unpaired) electrons. The number of carbonyl (C=O) groups excluding carboxylic acids is 1. The van der Waals surface area contributed by atoms with E-state index in [0.29, 0.717) is 19.1 Å². The van der Waals surface area contributed by atoms with Crippen molar-refractivity contribution in [1.82, 2.24) is 19.7 Å². The standard InChI is InChI=1S/C14H26N4O2/c1-6-20-14(19)9-17(12(4)5)8-13-15-10-16-18(13)7-11(2)3/h10-12H,6-9H2,1-5H3. The summed E-state index contributed by atoms with van der Waals surface area (Å²) in [5, 5.41) is 4.25. The van der Waals surface area contributed by atoms with Crippen molar-refractivity contribution in [3.05, 3.63) is 12.2 Å². The average molecular weight is 282 g/mol. The Morgan fingerprint density at radius 3 is 2.65 bits per heavy atom. The van der Waals surface area contributed by atoms with Gasteiger partial charge >= 0.3 is 5.97 Å². The summed E-state index contributed by atoms with van der Waals surface area (Å²) in [6.45, 7) is 12.3. The monoisotopic (exact) mass is 282 g/mol. The lowest BCUT2D eigenvalue weighted by molar-refractivity contribution is -0.145. The van der Waals surface area contributed by atoms with E-state index in [4.69, 9.17) is 4.74 Å². The van der Waals surface area contributed by atoms with Gasteiger partial charge in [-0.05, 0) is 26.7 Å². The van der Waals surface area contributed by atoms with Crippen molar-refractivity contribution in [3.63, 3.8) is 0 Å². The van der Waals surface area contributed by atoms with Crippen LogP contribution in [0.4, 0.5) is 0 Å². The molecule has 20 heavy (non-hydrogen) atoms. The van der Waals surface area contributed by atoms with E-state index in [1.165, 1.54) is 0 Å². The van der Waals surface area contributed by atoms with Gasteiger partial charge in [-0.3, -0.25) is 9.69 Å². The number of esters is 1. The van der Waals surface area contributed by atoms with Crippen LogP contribution in [0.5, 0.6) is 0 Å². The maximum Gasteiger partial charge on any atom is 0.320 e. The highest BCUT2D eigenvalue weighted by molar-refractivity contribution is 5.71. The summed E-state index contributed by atoms with van der Waals surface area (Å²) in [4.78, 5) is 18.0. The minimum Gasteiger partial charge on any atom is -0.465 e. The zero-order valence-corrected chi connectivity index (χ0v) is 13.2. The van der Waals surface area contributed by atoms with E-state index >= 15 is 0 Å². The summed E-state index contributed by atoms with van der Waals surface area (Å²) in [7, 11) is 0.